The summed E-state index contributed by atoms with van der Waals surface area (Å²) in [6.07, 6.45) is 0.587. The van der Waals surface area contributed by atoms with Gasteiger partial charge in [-0.1, -0.05) is 6.92 Å². The third-order valence-electron chi connectivity index (χ3n) is 1.50. The number of rotatable bonds is 4. The first-order valence-corrected chi connectivity index (χ1v) is 2.93. The predicted octanol–water partition coefficient (Wildman–Crippen LogP) is 0.816. The van der Waals surface area contributed by atoms with Gasteiger partial charge in [-0.25, -0.2) is 5.11 Å². The van der Waals surface area contributed by atoms with Gasteiger partial charge in [0.2, 0.25) is 0 Å². The van der Waals surface area contributed by atoms with Gasteiger partial charge < -0.3 is 9.47 Å². The van der Waals surface area contributed by atoms with Crippen molar-refractivity contribution in [2.75, 3.05) is 20.8 Å². The molecule has 55 valence electrons. The van der Waals surface area contributed by atoms with Crippen LogP contribution in [0, 0.1) is 0 Å². The topological polar surface area (TPSA) is 38.4 Å². The van der Waals surface area contributed by atoms with E-state index in [2.05, 4.69) is 0 Å². The van der Waals surface area contributed by atoms with Crippen LogP contribution in [0.2, 0.25) is 0 Å². The SMILES string of the molecule is CCC(C[O])(OC)OC. The fourth-order valence-corrected chi connectivity index (χ4v) is 0.592. The number of methoxy groups -OCH3 is 2. The van der Waals surface area contributed by atoms with Gasteiger partial charge in [0.1, 0.15) is 6.61 Å². The summed E-state index contributed by atoms with van der Waals surface area (Å²) in [5, 5.41) is 10.4. The zero-order chi connectivity index (χ0) is 7.33. The van der Waals surface area contributed by atoms with Crippen molar-refractivity contribution in [3.8, 4) is 0 Å². The van der Waals surface area contributed by atoms with Gasteiger partial charge in [-0.3, -0.25) is 0 Å². The molecule has 3 nitrogen and oxygen atoms in total. The van der Waals surface area contributed by atoms with Crippen molar-refractivity contribution in [1.82, 2.24) is 0 Å². The fourth-order valence-electron chi connectivity index (χ4n) is 0.592. The van der Waals surface area contributed by atoms with E-state index in [0.717, 1.165) is 0 Å². The molecule has 0 atom stereocenters. The van der Waals surface area contributed by atoms with Gasteiger partial charge in [0.15, 0.2) is 5.79 Å². The first-order valence-electron chi connectivity index (χ1n) is 2.93. The van der Waals surface area contributed by atoms with Crippen LogP contribution in [-0.4, -0.2) is 26.6 Å². The lowest BCUT2D eigenvalue weighted by molar-refractivity contribution is -0.237. The molecule has 0 bridgehead atoms. The Bertz CT molecular complexity index is 51.2. The minimum atomic E-state index is -0.889. The van der Waals surface area contributed by atoms with Gasteiger partial charge in [-0.05, 0) is 0 Å². The maximum atomic E-state index is 10.4. The normalized spacial score (nSPS) is 12.0. The van der Waals surface area contributed by atoms with Gasteiger partial charge in [0, 0.05) is 20.6 Å². The second-order valence-corrected chi connectivity index (χ2v) is 1.82. The van der Waals surface area contributed by atoms with Crippen molar-refractivity contribution < 1.29 is 14.6 Å². The van der Waals surface area contributed by atoms with Crippen LogP contribution in [-0.2, 0) is 14.6 Å². The van der Waals surface area contributed by atoms with Crippen LogP contribution in [0.15, 0.2) is 0 Å². The van der Waals surface area contributed by atoms with E-state index in [1.165, 1.54) is 14.2 Å². The Balaban J connectivity index is 3.82. The first-order chi connectivity index (χ1) is 4.24. The van der Waals surface area contributed by atoms with Crippen LogP contribution in [0.25, 0.3) is 0 Å². The molecule has 0 amide bonds. The third-order valence-corrected chi connectivity index (χ3v) is 1.50. The van der Waals surface area contributed by atoms with Gasteiger partial charge in [-0.15, -0.1) is 0 Å². The molecule has 0 fully saturated rings. The Morgan fingerprint density at radius 2 is 1.78 bits per heavy atom. The standard InChI is InChI=1S/C6H13O3/c1-4-6(5-7,8-2)9-3/h4-5H2,1-3H3. The molecule has 0 aliphatic rings. The van der Waals surface area contributed by atoms with Crippen molar-refractivity contribution in [1.29, 1.82) is 0 Å². The smallest absolute Gasteiger partial charge is 0.194 e. The van der Waals surface area contributed by atoms with Gasteiger partial charge in [0.25, 0.3) is 0 Å². The van der Waals surface area contributed by atoms with Crippen molar-refractivity contribution in [3.05, 3.63) is 0 Å². The maximum Gasteiger partial charge on any atom is 0.194 e. The molecule has 0 spiro atoms. The highest BCUT2D eigenvalue weighted by atomic mass is 16.7. The molecular weight excluding hydrogens is 120 g/mol. The molecule has 0 unspecified atom stereocenters. The minimum absolute atomic E-state index is 0.351. The van der Waals surface area contributed by atoms with Crippen molar-refractivity contribution in [2.24, 2.45) is 0 Å². The largest absolute Gasteiger partial charge is 0.351 e. The summed E-state index contributed by atoms with van der Waals surface area (Å²) in [5.41, 5.74) is 0. The molecular formula is C6H13O3. The molecule has 3 heteroatoms. The van der Waals surface area contributed by atoms with E-state index in [0.29, 0.717) is 6.42 Å². The Morgan fingerprint density at radius 3 is 1.78 bits per heavy atom. The zero-order valence-electron chi connectivity index (χ0n) is 6.14. The Hall–Kier alpha value is -0.120. The first kappa shape index (κ1) is 8.88. The number of hydrogen-bond acceptors (Lipinski definition) is 2. The van der Waals surface area contributed by atoms with Crippen LogP contribution in [0.5, 0.6) is 0 Å². The summed E-state index contributed by atoms with van der Waals surface area (Å²) in [4.78, 5) is 0. The average Bonchev–Trinajstić information content (AvgIpc) is 1.95. The number of hydrogen-bond donors (Lipinski definition) is 0. The van der Waals surface area contributed by atoms with Crippen LogP contribution in [0.4, 0.5) is 0 Å². The fraction of sp³-hybridized carbons (Fsp3) is 1.00. The molecule has 0 aromatic heterocycles. The zero-order valence-corrected chi connectivity index (χ0v) is 6.14. The lowest BCUT2D eigenvalue weighted by Gasteiger charge is -2.25. The molecule has 1 radical (unpaired) electrons. The molecule has 0 heterocycles. The Morgan fingerprint density at radius 1 is 1.33 bits per heavy atom. The Kier molecular flexibility index (Phi) is 3.77. The van der Waals surface area contributed by atoms with E-state index in [1.807, 2.05) is 6.92 Å². The highest BCUT2D eigenvalue weighted by Gasteiger charge is 2.26. The molecule has 0 aromatic carbocycles. The molecule has 0 saturated carbocycles. The second kappa shape index (κ2) is 3.82. The lowest BCUT2D eigenvalue weighted by atomic mass is 10.2. The lowest BCUT2D eigenvalue weighted by Crippen LogP contribution is -2.36. The van der Waals surface area contributed by atoms with Gasteiger partial charge >= 0.3 is 0 Å². The van der Waals surface area contributed by atoms with E-state index in [9.17, 15) is 5.11 Å². The maximum absolute atomic E-state index is 10.4. The highest BCUT2D eigenvalue weighted by Crippen LogP contribution is 2.13. The predicted molar refractivity (Wildman–Crippen MR) is 32.6 cm³/mol. The molecule has 0 aliphatic heterocycles. The monoisotopic (exact) mass is 133 g/mol. The van der Waals surface area contributed by atoms with E-state index >= 15 is 0 Å². The van der Waals surface area contributed by atoms with E-state index in [-0.39, 0.29) is 6.61 Å². The summed E-state index contributed by atoms with van der Waals surface area (Å²) in [7, 11) is 2.95. The van der Waals surface area contributed by atoms with Crippen molar-refractivity contribution in [2.45, 2.75) is 19.1 Å². The summed E-state index contributed by atoms with van der Waals surface area (Å²) in [6.45, 7) is 1.50. The summed E-state index contributed by atoms with van der Waals surface area (Å²) >= 11 is 0. The van der Waals surface area contributed by atoms with Crippen LogP contribution < -0.4 is 0 Å². The molecule has 0 N–H and O–H groups in total. The Labute approximate surface area is 55.6 Å². The quantitative estimate of drug-likeness (QED) is 0.532. The van der Waals surface area contributed by atoms with E-state index < -0.39 is 5.79 Å². The number of ether oxygens (including phenoxy) is 2. The minimum Gasteiger partial charge on any atom is -0.351 e. The third kappa shape index (κ3) is 1.93. The molecule has 0 aromatic rings. The molecule has 9 heavy (non-hydrogen) atoms. The van der Waals surface area contributed by atoms with Gasteiger partial charge in [-0.2, -0.15) is 0 Å². The van der Waals surface area contributed by atoms with Crippen LogP contribution in [0.1, 0.15) is 13.3 Å². The summed E-state index contributed by atoms with van der Waals surface area (Å²) in [5.74, 6) is -0.889. The van der Waals surface area contributed by atoms with Crippen molar-refractivity contribution >= 4 is 0 Å². The summed E-state index contributed by atoms with van der Waals surface area (Å²) in [6, 6.07) is 0. The second-order valence-electron chi connectivity index (χ2n) is 1.82. The average molecular weight is 133 g/mol. The highest BCUT2D eigenvalue weighted by molar-refractivity contribution is 4.63. The van der Waals surface area contributed by atoms with Crippen molar-refractivity contribution in [3.63, 3.8) is 0 Å². The van der Waals surface area contributed by atoms with Crippen LogP contribution in [0.3, 0.4) is 0 Å². The molecule has 0 aliphatic carbocycles. The molecule has 0 saturated heterocycles. The molecule has 0 rings (SSSR count). The summed E-state index contributed by atoms with van der Waals surface area (Å²) < 4.78 is 9.70. The van der Waals surface area contributed by atoms with Crippen LogP contribution >= 0.6 is 0 Å². The van der Waals surface area contributed by atoms with E-state index in [4.69, 9.17) is 9.47 Å². The van der Waals surface area contributed by atoms with Gasteiger partial charge in [0.05, 0.1) is 0 Å². The van der Waals surface area contributed by atoms with E-state index in [1.54, 1.807) is 0 Å².